The fraction of sp³-hybridized carbons (Fsp3) is 0.227. The van der Waals surface area contributed by atoms with Crippen molar-refractivity contribution in [2.45, 2.75) is 6.54 Å². The van der Waals surface area contributed by atoms with Gasteiger partial charge in [0.15, 0.2) is 0 Å². The van der Waals surface area contributed by atoms with Crippen molar-refractivity contribution in [3.05, 3.63) is 66.6 Å². The molecule has 0 spiro atoms. The third kappa shape index (κ3) is 4.89. The molecule has 2 aromatic carbocycles. The minimum Gasteiger partial charge on any atom is -0.492 e. The standard InChI is InChI=1S/C22H24N6O/c1-28(2)8-9-29-19-5-3-4-16(10-19)12-24-22-15-23-21-11-17(6-7-20(21)27-22)18-13-25-26-14-18/h3-7,10-11,13-15H,8-9,12H2,1-2H3,(H,24,27)(H,25,26). The Morgan fingerprint density at radius 2 is 1.97 bits per heavy atom. The molecule has 0 amide bonds. The average Bonchev–Trinajstić information content (AvgIpc) is 3.27. The number of benzene rings is 2. The third-order valence-corrected chi connectivity index (χ3v) is 4.55. The van der Waals surface area contributed by atoms with Crippen LogP contribution in [0.2, 0.25) is 0 Å². The minimum absolute atomic E-state index is 0.651. The topological polar surface area (TPSA) is 79.0 Å². The number of hydrogen-bond donors (Lipinski definition) is 2. The maximum Gasteiger partial charge on any atom is 0.145 e. The first-order valence-corrected chi connectivity index (χ1v) is 9.54. The molecule has 148 valence electrons. The molecule has 0 aliphatic carbocycles. The van der Waals surface area contributed by atoms with Crippen molar-refractivity contribution < 1.29 is 4.74 Å². The van der Waals surface area contributed by atoms with Gasteiger partial charge >= 0.3 is 0 Å². The van der Waals surface area contributed by atoms with Crippen LogP contribution < -0.4 is 10.1 Å². The molecule has 0 unspecified atom stereocenters. The molecule has 0 bridgehead atoms. The van der Waals surface area contributed by atoms with Gasteiger partial charge in [0.2, 0.25) is 0 Å². The molecule has 0 aliphatic rings. The van der Waals surface area contributed by atoms with Gasteiger partial charge < -0.3 is 15.0 Å². The monoisotopic (exact) mass is 388 g/mol. The highest BCUT2D eigenvalue weighted by atomic mass is 16.5. The van der Waals surface area contributed by atoms with Crippen LogP contribution in [0.25, 0.3) is 22.2 Å². The number of likely N-dealkylation sites (N-methyl/N-ethyl adjacent to an activating group) is 1. The number of hydrogen-bond acceptors (Lipinski definition) is 6. The van der Waals surface area contributed by atoms with E-state index in [4.69, 9.17) is 4.74 Å². The number of nitrogens with one attached hydrogen (secondary N) is 2. The molecule has 2 aromatic heterocycles. The predicted octanol–water partition coefficient (Wildman–Crippen LogP) is 3.57. The van der Waals surface area contributed by atoms with Crippen molar-refractivity contribution in [1.29, 1.82) is 0 Å². The smallest absolute Gasteiger partial charge is 0.145 e. The minimum atomic E-state index is 0.651. The number of anilines is 1. The van der Waals surface area contributed by atoms with Gasteiger partial charge in [-0.15, -0.1) is 0 Å². The Hall–Kier alpha value is -3.45. The number of fused-ring (bicyclic) bond motifs is 1. The van der Waals surface area contributed by atoms with Gasteiger partial charge in [0, 0.05) is 24.8 Å². The summed E-state index contributed by atoms with van der Waals surface area (Å²) in [6.07, 6.45) is 5.42. The quantitative estimate of drug-likeness (QED) is 0.480. The van der Waals surface area contributed by atoms with Gasteiger partial charge in [-0.05, 0) is 49.5 Å². The van der Waals surface area contributed by atoms with E-state index in [1.54, 1.807) is 12.4 Å². The second-order valence-electron chi connectivity index (χ2n) is 7.10. The fourth-order valence-corrected chi connectivity index (χ4v) is 2.97. The summed E-state index contributed by atoms with van der Waals surface area (Å²) in [5.41, 5.74) is 4.93. The second-order valence-corrected chi connectivity index (χ2v) is 7.10. The summed E-state index contributed by atoms with van der Waals surface area (Å²) >= 11 is 0. The Labute approximate surface area is 169 Å². The van der Waals surface area contributed by atoms with Crippen LogP contribution in [0.15, 0.2) is 61.1 Å². The Bertz CT molecular complexity index is 1080. The van der Waals surface area contributed by atoms with Crippen LogP contribution >= 0.6 is 0 Å². The lowest BCUT2D eigenvalue weighted by molar-refractivity contribution is 0.261. The highest BCUT2D eigenvalue weighted by Crippen LogP contribution is 2.22. The van der Waals surface area contributed by atoms with Crippen LogP contribution in [0.5, 0.6) is 5.75 Å². The van der Waals surface area contributed by atoms with E-state index in [9.17, 15) is 0 Å². The first kappa shape index (κ1) is 18.9. The normalized spacial score (nSPS) is 11.1. The molecule has 4 rings (SSSR count). The highest BCUT2D eigenvalue weighted by Gasteiger charge is 2.05. The average molecular weight is 388 g/mol. The molecule has 0 radical (unpaired) electrons. The lowest BCUT2D eigenvalue weighted by Crippen LogP contribution is -2.19. The van der Waals surface area contributed by atoms with Crippen LogP contribution in [0.3, 0.4) is 0 Å². The number of aromatic nitrogens is 4. The third-order valence-electron chi connectivity index (χ3n) is 4.55. The number of H-pyrrole nitrogens is 1. The molecular weight excluding hydrogens is 364 g/mol. The largest absolute Gasteiger partial charge is 0.492 e. The zero-order valence-electron chi connectivity index (χ0n) is 16.6. The van der Waals surface area contributed by atoms with E-state index in [1.807, 2.05) is 56.7 Å². The Morgan fingerprint density at radius 3 is 2.79 bits per heavy atom. The fourth-order valence-electron chi connectivity index (χ4n) is 2.97. The van der Waals surface area contributed by atoms with Crippen LogP contribution in [0.4, 0.5) is 5.82 Å². The van der Waals surface area contributed by atoms with Crippen molar-refractivity contribution in [3.8, 4) is 16.9 Å². The molecular formula is C22H24N6O. The van der Waals surface area contributed by atoms with Crippen molar-refractivity contribution in [2.75, 3.05) is 32.6 Å². The van der Waals surface area contributed by atoms with E-state index in [1.165, 1.54) is 0 Å². The molecule has 7 nitrogen and oxygen atoms in total. The number of nitrogens with zero attached hydrogens (tertiary/aromatic N) is 4. The first-order valence-electron chi connectivity index (χ1n) is 9.54. The van der Waals surface area contributed by atoms with Crippen molar-refractivity contribution in [1.82, 2.24) is 25.1 Å². The molecule has 0 fully saturated rings. The summed E-state index contributed by atoms with van der Waals surface area (Å²) in [4.78, 5) is 11.3. The molecule has 7 heteroatoms. The zero-order valence-corrected chi connectivity index (χ0v) is 16.6. The number of ether oxygens (including phenoxy) is 1. The van der Waals surface area contributed by atoms with E-state index in [-0.39, 0.29) is 0 Å². The summed E-state index contributed by atoms with van der Waals surface area (Å²) in [7, 11) is 4.07. The van der Waals surface area contributed by atoms with Gasteiger partial charge in [0.05, 0.1) is 23.4 Å². The Balaban J connectivity index is 1.41. The lowest BCUT2D eigenvalue weighted by atomic mass is 10.1. The van der Waals surface area contributed by atoms with E-state index in [2.05, 4.69) is 36.4 Å². The van der Waals surface area contributed by atoms with Crippen LogP contribution in [-0.4, -0.2) is 52.3 Å². The maximum absolute atomic E-state index is 5.80. The molecule has 29 heavy (non-hydrogen) atoms. The van der Waals surface area contributed by atoms with Crippen LogP contribution in [0.1, 0.15) is 5.56 Å². The summed E-state index contributed by atoms with van der Waals surface area (Å²) < 4.78 is 5.80. The van der Waals surface area contributed by atoms with Crippen LogP contribution in [0, 0.1) is 0 Å². The number of rotatable bonds is 8. The van der Waals surface area contributed by atoms with Crippen LogP contribution in [-0.2, 0) is 6.54 Å². The summed E-state index contributed by atoms with van der Waals surface area (Å²) in [5, 5.41) is 10.2. The molecule has 0 saturated carbocycles. The highest BCUT2D eigenvalue weighted by molar-refractivity contribution is 5.81. The number of aromatic amines is 1. The summed E-state index contributed by atoms with van der Waals surface area (Å²) in [6, 6.07) is 14.1. The maximum atomic E-state index is 5.80. The van der Waals surface area contributed by atoms with Gasteiger partial charge in [-0.1, -0.05) is 18.2 Å². The Morgan fingerprint density at radius 1 is 1.03 bits per heavy atom. The van der Waals surface area contributed by atoms with Gasteiger partial charge in [0.25, 0.3) is 0 Å². The molecule has 0 atom stereocenters. The first-order chi connectivity index (χ1) is 14.2. The predicted molar refractivity (Wildman–Crippen MR) is 115 cm³/mol. The zero-order chi connectivity index (χ0) is 20.1. The van der Waals surface area contributed by atoms with Crippen molar-refractivity contribution >= 4 is 16.9 Å². The molecule has 2 N–H and O–H groups in total. The van der Waals surface area contributed by atoms with E-state index in [0.29, 0.717) is 13.2 Å². The molecule has 4 aromatic rings. The second kappa shape index (κ2) is 8.70. The van der Waals surface area contributed by atoms with E-state index >= 15 is 0 Å². The van der Waals surface area contributed by atoms with Gasteiger partial charge in [0.1, 0.15) is 18.2 Å². The van der Waals surface area contributed by atoms with Crippen molar-refractivity contribution in [3.63, 3.8) is 0 Å². The molecule has 2 heterocycles. The summed E-state index contributed by atoms with van der Waals surface area (Å²) in [5.74, 6) is 1.62. The van der Waals surface area contributed by atoms with E-state index in [0.717, 1.165) is 45.8 Å². The van der Waals surface area contributed by atoms with Gasteiger partial charge in [-0.3, -0.25) is 10.1 Å². The molecule has 0 saturated heterocycles. The summed E-state index contributed by atoms with van der Waals surface area (Å²) in [6.45, 7) is 2.20. The van der Waals surface area contributed by atoms with E-state index < -0.39 is 0 Å². The Kier molecular flexibility index (Phi) is 5.67. The SMILES string of the molecule is CN(C)CCOc1cccc(CNc2cnc3cc(-c4cn[nH]c4)ccc3n2)c1. The van der Waals surface area contributed by atoms with Gasteiger partial charge in [-0.25, -0.2) is 4.98 Å². The lowest BCUT2D eigenvalue weighted by Gasteiger charge is -2.12. The van der Waals surface area contributed by atoms with Crippen molar-refractivity contribution in [2.24, 2.45) is 0 Å². The molecule has 0 aliphatic heterocycles. The van der Waals surface area contributed by atoms with Gasteiger partial charge in [-0.2, -0.15) is 5.10 Å².